The molecule has 0 aromatic heterocycles. The number of fused-ring (bicyclic) bond motifs is 2. The zero-order valence-corrected chi connectivity index (χ0v) is 8.12. The predicted octanol–water partition coefficient (Wildman–Crippen LogP) is 0.899. The molecule has 3 nitrogen and oxygen atoms in total. The van der Waals surface area contributed by atoms with Crippen LogP contribution in [0.5, 0.6) is 0 Å². The normalized spacial score (nSPS) is 47.9. The Morgan fingerprint density at radius 2 is 2.23 bits per heavy atom. The Hall–Kier alpha value is -0.570. The first-order valence-corrected chi connectivity index (χ1v) is 5.21. The molecule has 0 amide bonds. The molecule has 1 unspecified atom stereocenters. The summed E-state index contributed by atoms with van der Waals surface area (Å²) in [6.07, 6.45) is 2.62. The van der Waals surface area contributed by atoms with E-state index in [4.69, 9.17) is 4.74 Å². The first kappa shape index (κ1) is 7.80. The van der Waals surface area contributed by atoms with Crippen molar-refractivity contribution in [3.8, 4) is 0 Å². The van der Waals surface area contributed by atoms with Gasteiger partial charge in [-0.15, -0.1) is 0 Å². The SMILES string of the molecule is CC1=NCC2(CN3CCC2CC3)O1. The van der Waals surface area contributed by atoms with Crippen LogP contribution in [-0.4, -0.2) is 42.6 Å². The number of hydrogen-bond donors (Lipinski definition) is 0. The predicted molar refractivity (Wildman–Crippen MR) is 51.0 cm³/mol. The van der Waals surface area contributed by atoms with Gasteiger partial charge < -0.3 is 4.74 Å². The molecule has 3 heteroatoms. The highest BCUT2D eigenvalue weighted by Crippen LogP contribution is 2.40. The molecular formula is C10H16N2O. The van der Waals surface area contributed by atoms with Crippen LogP contribution < -0.4 is 0 Å². The summed E-state index contributed by atoms with van der Waals surface area (Å²) < 4.78 is 5.93. The zero-order valence-electron chi connectivity index (χ0n) is 8.12. The van der Waals surface area contributed by atoms with Crippen LogP contribution in [0.3, 0.4) is 0 Å². The van der Waals surface area contributed by atoms with Gasteiger partial charge in [-0.2, -0.15) is 0 Å². The van der Waals surface area contributed by atoms with Gasteiger partial charge in [0.15, 0.2) is 5.90 Å². The maximum atomic E-state index is 5.93. The molecule has 2 bridgehead atoms. The van der Waals surface area contributed by atoms with Gasteiger partial charge in [0.2, 0.25) is 0 Å². The highest BCUT2D eigenvalue weighted by molar-refractivity contribution is 5.75. The Morgan fingerprint density at radius 3 is 2.69 bits per heavy atom. The minimum absolute atomic E-state index is 0.0839. The van der Waals surface area contributed by atoms with Crippen molar-refractivity contribution in [3.63, 3.8) is 0 Å². The topological polar surface area (TPSA) is 24.8 Å². The number of ether oxygens (including phenoxy) is 1. The molecule has 0 aliphatic carbocycles. The van der Waals surface area contributed by atoms with Crippen molar-refractivity contribution in [3.05, 3.63) is 0 Å². The Morgan fingerprint density at radius 1 is 1.46 bits per heavy atom. The van der Waals surface area contributed by atoms with Gasteiger partial charge in [0, 0.05) is 19.4 Å². The van der Waals surface area contributed by atoms with E-state index in [0.717, 1.165) is 24.9 Å². The van der Waals surface area contributed by atoms with E-state index in [-0.39, 0.29) is 5.60 Å². The number of aliphatic imine (C=N–C) groups is 1. The van der Waals surface area contributed by atoms with Gasteiger partial charge in [0.05, 0.1) is 6.54 Å². The average molecular weight is 180 g/mol. The maximum Gasteiger partial charge on any atom is 0.181 e. The summed E-state index contributed by atoms with van der Waals surface area (Å²) in [5.41, 5.74) is 0.0839. The van der Waals surface area contributed by atoms with Gasteiger partial charge in [-0.05, 0) is 25.9 Å². The van der Waals surface area contributed by atoms with Gasteiger partial charge in [0.1, 0.15) is 5.60 Å². The molecule has 4 aliphatic rings. The van der Waals surface area contributed by atoms with Crippen molar-refractivity contribution in [2.45, 2.75) is 25.4 Å². The van der Waals surface area contributed by atoms with Crippen LogP contribution in [0.4, 0.5) is 0 Å². The van der Waals surface area contributed by atoms with Crippen LogP contribution in [0, 0.1) is 5.92 Å². The van der Waals surface area contributed by atoms with E-state index in [2.05, 4.69) is 9.89 Å². The van der Waals surface area contributed by atoms with Crippen molar-refractivity contribution < 1.29 is 4.74 Å². The zero-order chi connectivity index (χ0) is 8.89. The first-order valence-electron chi connectivity index (χ1n) is 5.21. The Bertz CT molecular complexity index is 256. The van der Waals surface area contributed by atoms with Crippen LogP contribution >= 0.6 is 0 Å². The summed E-state index contributed by atoms with van der Waals surface area (Å²) in [4.78, 5) is 6.92. The number of rotatable bonds is 0. The van der Waals surface area contributed by atoms with E-state index < -0.39 is 0 Å². The van der Waals surface area contributed by atoms with E-state index in [9.17, 15) is 0 Å². The lowest BCUT2D eigenvalue weighted by Crippen LogP contribution is -2.60. The minimum Gasteiger partial charge on any atom is -0.471 e. The van der Waals surface area contributed by atoms with Crippen molar-refractivity contribution in [2.24, 2.45) is 10.9 Å². The van der Waals surface area contributed by atoms with Crippen LogP contribution in [0.25, 0.3) is 0 Å². The molecule has 0 aromatic rings. The fraction of sp³-hybridized carbons (Fsp3) is 0.900. The van der Waals surface area contributed by atoms with E-state index in [1.54, 1.807) is 0 Å². The van der Waals surface area contributed by atoms with E-state index in [0.29, 0.717) is 0 Å². The quantitative estimate of drug-likeness (QED) is 0.553. The summed E-state index contributed by atoms with van der Waals surface area (Å²) in [5, 5.41) is 0. The third-order valence-corrected chi connectivity index (χ3v) is 3.74. The Kier molecular flexibility index (Phi) is 1.48. The molecule has 3 fully saturated rings. The molecule has 0 radical (unpaired) electrons. The summed E-state index contributed by atoms with van der Waals surface area (Å²) in [6.45, 7) is 6.54. The van der Waals surface area contributed by atoms with Gasteiger partial charge in [-0.3, -0.25) is 9.89 Å². The van der Waals surface area contributed by atoms with Crippen molar-refractivity contribution in [2.75, 3.05) is 26.2 Å². The highest BCUT2D eigenvalue weighted by Gasteiger charge is 2.50. The summed E-state index contributed by atoms with van der Waals surface area (Å²) in [6, 6.07) is 0. The molecule has 72 valence electrons. The monoisotopic (exact) mass is 180 g/mol. The lowest BCUT2D eigenvalue weighted by molar-refractivity contribution is -0.0831. The van der Waals surface area contributed by atoms with Crippen LogP contribution in [0.2, 0.25) is 0 Å². The molecule has 1 atom stereocenters. The lowest BCUT2D eigenvalue weighted by atomic mass is 9.75. The van der Waals surface area contributed by atoms with Crippen LogP contribution in [0.1, 0.15) is 19.8 Å². The first-order chi connectivity index (χ1) is 6.28. The molecule has 4 rings (SSSR count). The molecule has 4 heterocycles. The van der Waals surface area contributed by atoms with Crippen molar-refractivity contribution in [1.29, 1.82) is 0 Å². The second kappa shape index (κ2) is 2.47. The van der Waals surface area contributed by atoms with E-state index >= 15 is 0 Å². The minimum atomic E-state index is 0.0839. The lowest BCUT2D eigenvalue weighted by Gasteiger charge is -2.50. The van der Waals surface area contributed by atoms with Crippen molar-refractivity contribution in [1.82, 2.24) is 4.90 Å². The number of nitrogens with zero attached hydrogens (tertiary/aromatic N) is 2. The third-order valence-electron chi connectivity index (χ3n) is 3.74. The second-order valence-electron chi connectivity index (χ2n) is 4.55. The molecule has 13 heavy (non-hydrogen) atoms. The summed E-state index contributed by atoms with van der Waals surface area (Å²) in [7, 11) is 0. The fourth-order valence-corrected chi connectivity index (χ4v) is 3.02. The second-order valence-corrected chi connectivity index (χ2v) is 4.55. The average Bonchev–Trinajstić information content (AvgIpc) is 2.49. The third kappa shape index (κ3) is 1.03. The van der Waals surface area contributed by atoms with Gasteiger partial charge in [0.25, 0.3) is 0 Å². The van der Waals surface area contributed by atoms with Crippen molar-refractivity contribution >= 4 is 5.90 Å². The molecule has 3 saturated heterocycles. The highest BCUT2D eigenvalue weighted by atomic mass is 16.5. The number of hydrogen-bond acceptors (Lipinski definition) is 3. The molecule has 1 spiro atoms. The Labute approximate surface area is 78.8 Å². The fourth-order valence-electron chi connectivity index (χ4n) is 3.02. The molecule has 4 aliphatic heterocycles. The molecule has 0 saturated carbocycles. The van der Waals surface area contributed by atoms with Crippen LogP contribution in [0.15, 0.2) is 4.99 Å². The summed E-state index contributed by atoms with van der Waals surface area (Å²) >= 11 is 0. The largest absolute Gasteiger partial charge is 0.471 e. The van der Waals surface area contributed by atoms with E-state index in [1.165, 1.54) is 25.9 Å². The maximum absolute atomic E-state index is 5.93. The van der Waals surface area contributed by atoms with Crippen LogP contribution in [-0.2, 0) is 4.74 Å². The Balaban J connectivity index is 1.85. The van der Waals surface area contributed by atoms with Gasteiger partial charge in [-0.25, -0.2) is 0 Å². The smallest absolute Gasteiger partial charge is 0.181 e. The number of piperidine rings is 3. The standard InChI is InChI=1S/C10H16N2O/c1-8-11-6-10(13-8)7-12-4-2-9(10)3-5-12/h9H,2-7H2,1H3. The summed E-state index contributed by atoms with van der Waals surface area (Å²) in [5.74, 6) is 1.66. The van der Waals surface area contributed by atoms with Gasteiger partial charge in [-0.1, -0.05) is 0 Å². The molecular weight excluding hydrogens is 164 g/mol. The van der Waals surface area contributed by atoms with E-state index in [1.807, 2.05) is 6.92 Å². The van der Waals surface area contributed by atoms with Gasteiger partial charge >= 0.3 is 0 Å². The molecule has 0 N–H and O–H groups in total. The molecule has 0 aromatic carbocycles.